The van der Waals surface area contributed by atoms with Crippen molar-refractivity contribution < 1.29 is 9.59 Å². The molecule has 1 fully saturated rings. The first kappa shape index (κ1) is 21.1. The summed E-state index contributed by atoms with van der Waals surface area (Å²) in [5, 5.41) is 4.91. The predicted octanol–water partition coefficient (Wildman–Crippen LogP) is 2.11. The maximum Gasteiger partial charge on any atom is 0.295 e. The molecular weight excluding hydrogens is 412 g/mol. The fourth-order valence-electron chi connectivity index (χ4n) is 3.43. The van der Waals surface area contributed by atoms with Crippen LogP contribution in [0.25, 0.3) is 0 Å². The molecule has 2 aromatic heterocycles. The van der Waals surface area contributed by atoms with Crippen LogP contribution in [0.3, 0.4) is 0 Å². The van der Waals surface area contributed by atoms with Gasteiger partial charge >= 0.3 is 0 Å². The number of carbonyl (C=O) groups excluding carboxylic acids is 2. The lowest BCUT2D eigenvalue weighted by molar-refractivity contribution is -0.132. The van der Waals surface area contributed by atoms with Gasteiger partial charge < -0.3 is 4.90 Å². The molecule has 1 aliphatic rings. The number of aromatic nitrogens is 3. The van der Waals surface area contributed by atoms with Crippen LogP contribution in [-0.4, -0.2) is 69.3 Å². The zero-order chi connectivity index (χ0) is 21.5. The molecule has 0 bridgehead atoms. The van der Waals surface area contributed by atoms with E-state index in [1.165, 1.54) is 29.3 Å². The van der Waals surface area contributed by atoms with E-state index in [0.29, 0.717) is 10.8 Å². The maximum absolute atomic E-state index is 12.7. The predicted molar refractivity (Wildman–Crippen MR) is 119 cm³/mol. The van der Waals surface area contributed by atoms with Crippen molar-refractivity contribution >= 4 is 28.3 Å². The fourth-order valence-corrected chi connectivity index (χ4v) is 4.14. The van der Waals surface area contributed by atoms with Crippen LogP contribution in [-0.2, 0) is 17.6 Å². The van der Waals surface area contributed by atoms with Gasteiger partial charge in [-0.3, -0.25) is 19.8 Å². The standard InChI is InChI=1S/C22H24N6O2S/c29-19(28-13-11-27(12-14-28)10-7-17-5-2-1-3-6-17)15-18-16-31-22(25-18)26-21(30)20-23-8-4-9-24-20/h1-6,8-9,16H,7,10-15H2,(H,25,26,30). The number of amides is 2. The number of anilines is 1. The summed E-state index contributed by atoms with van der Waals surface area (Å²) in [6.45, 7) is 4.23. The summed E-state index contributed by atoms with van der Waals surface area (Å²) >= 11 is 1.29. The van der Waals surface area contributed by atoms with Crippen LogP contribution in [0.2, 0.25) is 0 Å². The van der Waals surface area contributed by atoms with Gasteiger partial charge in [0.05, 0.1) is 12.1 Å². The summed E-state index contributed by atoms with van der Waals surface area (Å²) in [5.41, 5.74) is 2.00. The van der Waals surface area contributed by atoms with Crippen molar-refractivity contribution in [2.75, 3.05) is 38.0 Å². The minimum absolute atomic E-state index is 0.0669. The van der Waals surface area contributed by atoms with Crippen molar-refractivity contribution in [2.24, 2.45) is 0 Å². The van der Waals surface area contributed by atoms with Crippen LogP contribution in [0.15, 0.2) is 54.2 Å². The first-order valence-corrected chi connectivity index (χ1v) is 11.1. The number of thiazole rings is 1. The molecule has 0 aliphatic carbocycles. The van der Waals surface area contributed by atoms with Gasteiger partial charge in [0.15, 0.2) is 5.13 Å². The van der Waals surface area contributed by atoms with Crippen molar-refractivity contribution in [3.8, 4) is 0 Å². The van der Waals surface area contributed by atoms with Crippen molar-refractivity contribution in [1.82, 2.24) is 24.8 Å². The molecule has 8 nitrogen and oxygen atoms in total. The van der Waals surface area contributed by atoms with Gasteiger partial charge in [0, 0.05) is 50.5 Å². The molecule has 0 radical (unpaired) electrons. The third-order valence-corrected chi connectivity index (χ3v) is 5.96. The molecule has 9 heteroatoms. The normalized spacial score (nSPS) is 14.4. The molecular formula is C22H24N6O2S. The molecule has 4 rings (SSSR count). The molecule has 160 valence electrons. The first-order chi connectivity index (χ1) is 15.2. The van der Waals surface area contributed by atoms with Gasteiger partial charge in [-0.1, -0.05) is 30.3 Å². The summed E-state index contributed by atoms with van der Waals surface area (Å²) in [6.07, 6.45) is 4.28. The molecule has 3 heterocycles. The highest BCUT2D eigenvalue weighted by Crippen LogP contribution is 2.17. The van der Waals surface area contributed by atoms with Gasteiger partial charge in [0.25, 0.3) is 5.91 Å². The van der Waals surface area contributed by atoms with E-state index in [9.17, 15) is 9.59 Å². The number of nitrogens with zero attached hydrogens (tertiary/aromatic N) is 5. The van der Waals surface area contributed by atoms with Gasteiger partial charge in [-0.05, 0) is 18.1 Å². The van der Waals surface area contributed by atoms with Crippen LogP contribution >= 0.6 is 11.3 Å². The molecule has 0 unspecified atom stereocenters. The van der Waals surface area contributed by atoms with Crippen molar-refractivity contribution in [3.63, 3.8) is 0 Å². The van der Waals surface area contributed by atoms with E-state index >= 15 is 0 Å². The number of carbonyl (C=O) groups is 2. The lowest BCUT2D eigenvalue weighted by Crippen LogP contribution is -2.49. The second-order valence-electron chi connectivity index (χ2n) is 7.31. The molecule has 0 spiro atoms. The minimum atomic E-state index is -0.417. The molecule has 31 heavy (non-hydrogen) atoms. The van der Waals surface area contributed by atoms with Crippen LogP contribution in [0.4, 0.5) is 5.13 Å². The summed E-state index contributed by atoms with van der Waals surface area (Å²) in [4.78, 5) is 41.3. The number of rotatable bonds is 7. The fraction of sp³-hybridized carbons (Fsp3) is 0.318. The topological polar surface area (TPSA) is 91.3 Å². The van der Waals surface area contributed by atoms with Crippen molar-refractivity contribution in [3.05, 3.63) is 71.3 Å². The Balaban J connectivity index is 1.22. The highest BCUT2D eigenvalue weighted by Gasteiger charge is 2.22. The second kappa shape index (κ2) is 10.2. The van der Waals surface area contributed by atoms with Crippen LogP contribution in [0, 0.1) is 0 Å². The first-order valence-electron chi connectivity index (χ1n) is 10.2. The maximum atomic E-state index is 12.7. The molecule has 1 aliphatic heterocycles. The minimum Gasteiger partial charge on any atom is -0.340 e. The van der Waals surface area contributed by atoms with Gasteiger partial charge in [-0.2, -0.15) is 0 Å². The molecule has 1 saturated heterocycles. The van der Waals surface area contributed by atoms with E-state index in [4.69, 9.17) is 0 Å². The smallest absolute Gasteiger partial charge is 0.295 e. The van der Waals surface area contributed by atoms with Crippen molar-refractivity contribution in [2.45, 2.75) is 12.8 Å². The Morgan fingerprint density at radius 3 is 2.48 bits per heavy atom. The van der Waals surface area contributed by atoms with Crippen LogP contribution < -0.4 is 5.32 Å². The highest BCUT2D eigenvalue weighted by molar-refractivity contribution is 7.14. The van der Waals surface area contributed by atoms with Gasteiger partial charge in [0.1, 0.15) is 0 Å². The number of piperazine rings is 1. The summed E-state index contributed by atoms with van der Waals surface area (Å²) < 4.78 is 0. The number of hydrogen-bond acceptors (Lipinski definition) is 7. The quantitative estimate of drug-likeness (QED) is 0.610. The Morgan fingerprint density at radius 1 is 1.00 bits per heavy atom. The average Bonchev–Trinajstić information content (AvgIpc) is 3.25. The lowest BCUT2D eigenvalue weighted by atomic mass is 10.1. The average molecular weight is 437 g/mol. The molecule has 2 amide bonds. The zero-order valence-corrected chi connectivity index (χ0v) is 17.9. The van der Waals surface area contributed by atoms with Gasteiger partial charge in [0.2, 0.25) is 11.7 Å². The molecule has 1 N–H and O–H groups in total. The Hall–Kier alpha value is -3.17. The van der Waals surface area contributed by atoms with E-state index < -0.39 is 5.91 Å². The SMILES string of the molecule is O=C(Nc1nc(CC(=O)N2CCN(CCc3ccccc3)CC2)cs1)c1ncccn1. The summed E-state index contributed by atoms with van der Waals surface area (Å²) in [6, 6.07) is 12.1. The van der Waals surface area contributed by atoms with Gasteiger partial charge in [-0.25, -0.2) is 15.0 Å². The zero-order valence-electron chi connectivity index (χ0n) is 17.1. The highest BCUT2D eigenvalue weighted by atomic mass is 32.1. The van der Waals surface area contributed by atoms with E-state index in [1.54, 1.807) is 11.4 Å². The Morgan fingerprint density at radius 2 is 1.74 bits per heavy atom. The largest absolute Gasteiger partial charge is 0.340 e. The third-order valence-electron chi connectivity index (χ3n) is 5.16. The van der Waals surface area contributed by atoms with Gasteiger partial charge in [-0.15, -0.1) is 11.3 Å². The van der Waals surface area contributed by atoms with E-state index in [1.807, 2.05) is 11.0 Å². The molecule has 0 saturated carbocycles. The Labute approximate surface area is 185 Å². The van der Waals surface area contributed by atoms with E-state index in [2.05, 4.69) is 49.4 Å². The number of hydrogen-bond donors (Lipinski definition) is 1. The van der Waals surface area contributed by atoms with Crippen LogP contribution in [0.1, 0.15) is 21.9 Å². The lowest BCUT2D eigenvalue weighted by Gasteiger charge is -2.34. The Bertz CT molecular complexity index is 1000. The molecule has 1 aromatic carbocycles. The van der Waals surface area contributed by atoms with E-state index in [-0.39, 0.29) is 18.2 Å². The second-order valence-corrected chi connectivity index (χ2v) is 8.16. The third kappa shape index (κ3) is 5.93. The molecule has 0 atom stereocenters. The van der Waals surface area contributed by atoms with E-state index in [0.717, 1.165) is 39.1 Å². The number of nitrogens with one attached hydrogen (secondary N) is 1. The number of benzene rings is 1. The molecule has 3 aromatic rings. The summed E-state index contributed by atoms with van der Waals surface area (Å²) in [7, 11) is 0. The Kier molecular flexibility index (Phi) is 6.96. The monoisotopic (exact) mass is 436 g/mol. The van der Waals surface area contributed by atoms with Crippen molar-refractivity contribution in [1.29, 1.82) is 0 Å². The summed E-state index contributed by atoms with van der Waals surface area (Å²) in [5.74, 6) is -0.266. The van der Waals surface area contributed by atoms with Crippen LogP contribution in [0.5, 0.6) is 0 Å².